The van der Waals surface area contributed by atoms with Crippen LogP contribution in [0.25, 0.3) is 0 Å². The first kappa shape index (κ1) is 20.5. The smallest absolute Gasteiger partial charge is 0.227 e. The number of aromatic nitrogens is 1. The highest BCUT2D eigenvalue weighted by Crippen LogP contribution is 2.21. The number of pyridine rings is 1. The van der Waals surface area contributed by atoms with Crippen LogP contribution in [0.5, 0.6) is 0 Å². The van der Waals surface area contributed by atoms with Crippen molar-refractivity contribution in [2.24, 2.45) is 0 Å². The monoisotopic (exact) mass is 391 g/mol. The van der Waals surface area contributed by atoms with E-state index in [0.29, 0.717) is 13.0 Å². The van der Waals surface area contributed by atoms with Crippen LogP contribution < -0.4 is 10.2 Å². The van der Waals surface area contributed by atoms with Crippen molar-refractivity contribution in [2.75, 3.05) is 25.5 Å². The molecule has 29 heavy (non-hydrogen) atoms. The maximum atomic E-state index is 13.3. The number of hydrogen-bond donors (Lipinski definition) is 1. The molecule has 5 heteroatoms. The first-order valence-corrected chi connectivity index (χ1v) is 9.72. The van der Waals surface area contributed by atoms with Crippen LogP contribution in [-0.2, 0) is 17.6 Å². The molecule has 0 aliphatic carbocycles. The van der Waals surface area contributed by atoms with Gasteiger partial charge in [0, 0.05) is 44.6 Å². The molecule has 1 unspecified atom stereocenters. The molecule has 1 N–H and O–H groups in total. The number of carbonyl (C=O) groups is 1. The molecule has 1 heterocycles. The second-order valence-electron chi connectivity index (χ2n) is 7.23. The molecule has 0 saturated heterocycles. The third-order valence-electron chi connectivity index (χ3n) is 4.89. The third kappa shape index (κ3) is 5.88. The van der Waals surface area contributed by atoms with Gasteiger partial charge in [-0.15, -0.1) is 0 Å². The predicted octanol–water partition coefficient (Wildman–Crippen LogP) is 3.97. The maximum Gasteiger partial charge on any atom is 0.227 e. The molecule has 1 amide bonds. The van der Waals surface area contributed by atoms with Crippen LogP contribution in [-0.4, -0.2) is 31.5 Å². The number of nitrogens with one attached hydrogen (secondary N) is 1. The fraction of sp³-hybridized carbons (Fsp3) is 0.250. The zero-order valence-electron chi connectivity index (χ0n) is 16.8. The van der Waals surface area contributed by atoms with Gasteiger partial charge < -0.3 is 10.2 Å². The van der Waals surface area contributed by atoms with Gasteiger partial charge in [0.15, 0.2) is 0 Å². The highest BCUT2D eigenvalue weighted by molar-refractivity contribution is 5.83. The maximum absolute atomic E-state index is 13.3. The molecule has 0 spiro atoms. The molecule has 1 aromatic heterocycles. The summed E-state index contributed by atoms with van der Waals surface area (Å²) in [6, 6.07) is 20.1. The van der Waals surface area contributed by atoms with E-state index in [-0.39, 0.29) is 11.7 Å². The Labute approximate surface area is 171 Å². The van der Waals surface area contributed by atoms with Gasteiger partial charge in [-0.2, -0.15) is 0 Å². The van der Waals surface area contributed by atoms with Crippen molar-refractivity contribution in [1.82, 2.24) is 10.3 Å². The van der Waals surface area contributed by atoms with Gasteiger partial charge in [0.2, 0.25) is 5.91 Å². The lowest BCUT2D eigenvalue weighted by molar-refractivity contribution is -0.122. The zero-order valence-corrected chi connectivity index (χ0v) is 16.8. The van der Waals surface area contributed by atoms with E-state index in [1.165, 1.54) is 17.7 Å². The van der Waals surface area contributed by atoms with E-state index in [1.807, 2.05) is 32.3 Å². The second-order valence-corrected chi connectivity index (χ2v) is 7.23. The molecule has 0 aliphatic heterocycles. The lowest BCUT2D eigenvalue weighted by Gasteiger charge is -2.17. The Hall–Kier alpha value is -3.21. The van der Waals surface area contributed by atoms with Crippen LogP contribution in [0.3, 0.4) is 0 Å². The van der Waals surface area contributed by atoms with E-state index in [4.69, 9.17) is 0 Å². The Kier molecular flexibility index (Phi) is 6.95. The Morgan fingerprint density at radius 2 is 1.76 bits per heavy atom. The fourth-order valence-electron chi connectivity index (χ4n) is 3.20. The highest BCUT2D eigenvalue weighted by Gasteiger charge is 2.21. The van der Waals surface area contributed by atoms with Gasteiger partial charge in [0.05, 0.1) is 5.92 Å². The normalized spacial score (nSPS) is 11.7. The van der Waals surface area contributed by atoms with Crippen LogP contribution in [0.2, 0.25) is 0 Å². The number of benzene rings is 2. The number of carbonyl (C=O) groups excluding carboxylic acids is 1. The van der Waals surface area contributed by atoms with Gasteiger partial charge in [0.1, 0.15) is 5.82 Å². The summed E-state index contributed by atoms with van der Waals surface area (Å²) in [5, 5.41) is 3.03. The number of hydrogen-bond acceptors (Lipinski definition) is 3. The van der Waals surface area contributed by atoms with Crippen LogP contribution in [0.15, 0.2) is 72.9 Å². The molecule has 0 radical (unpaired) electrons. The molecule has 4 nitrogen and oxygen atoms in total. The molecule has 1 atom stereocenters. The number of nitrogens with zero attached hydrogens (tertiary/aromatic N) is 2. The molecule has 0 aliphatic rings. The van der Waals surface area contributed by atoms with Gasteiger partial charge in [-0.25, -0.2) is 4.39 Å². The van der Waals surface area contributed by atoms with Crippen molar-refractivity contribution >= 4 is 11.6 Å². The van der Waals surface area contributed by atoms with Gasteiger partial charge in [-0.3, -0.25) is 9.78 Å². The lowest BCUT2D eigenvalue weighted by atomic mass is 9.93. The van der Waals surface area contributed by atoms with E-state index in [1.54, 1.807) is 18.3 Å². The molecule has 3 rings (SSSR count). The summed E-state index contributed by atoms with van der Waals surface area (Å²) in [6.07, 6.45) is 2.93. The molecule has 0 fully saturated rings. The molecule has 2 aromatic carbocycles. The fourth-order valence-corrected chi connectivity index (χ4v) is 3.20. The summed E-state index contributed by atoms with van der Waals surface area (Å²) in [4.78, 5) is 19.3. The molecular formula is C24H26FN3O. The van der Waals surface area contributed by atoms with Crippen molar-refractivity contribution in [3.8, 4) is 0 Å². The number of halogens is 1. The van der Waals surface area contributed by atoms with Crippen molar-refractivity contribution in [3.63, 3.8) is 0 Å². The summed E-state index contributed by atoms with van der Waals surface area (Å²) in [7, 11) is 4.01. The topological polar surface area (TPSA) is 45.2 Å². The minimum atomic E-state index is -0.415. The highest BCUT2D eigenvalue weighted by atomic mass is 19.1. The van der Waals surface area contributed by atoms with E-state index in [2.05, 4.69) is 39.5 Å². The van der Waals surface area contributed by atoms with Gasteiger partial charge in [-0.05, 0) is 53.9 Å². The predicted molar refractivity (Wildman–Crippen MR) is 115 cm³/mol. The summed E-state index contributed by atoms with van der Waals surface area (Å²) < 4.78 is 13.3. The van der Waals surface area contributed by atoms with Gasteiger partial charge in [0.25, 0.3) is 0 Å². The Balaban J connectivity index is 1.65. The van der Waals surface area contributed by atoms with Crippen LogP contribution >= 0.6 is 0 Å². The summed E-state index contributed by atoms with van der Waals surface area (Å²) in [5.74, 6) is -0.805. The van der Waals surface area contributed by atoms with Crippen LogP contribution in [0.4, 0.5) is 10.1 Å². The standard InChI is InChI=1S/C24H26FN3O/c1-28(2)22-12-6-18(7-13-22)14-16-27-24(29)23(17-21-5-3-4-15-26-21)19-8-10-20(25)11-9-19/h3-13,15,23H,14,16-17H2,1-2H3,(H,27,29). The number of anilines is 1. The largest absolute Gasteiger partial charge is 0.378 e. The Morgan fingerprint density at radius 3 is 2.38 bits per heavy atom. The van der Waals surface area contributed by atoms with Crippen LogP contribution in [0, 0.1) is 5.82 Å². The zero-order chi connectivity index (χ0) is 20.6. The van der Waals surface area contributed by atoms with Crippen LogP contribution in [0.1, 0.15) is 22.7 Å². The van der Waals surface area contributed by atoms with E-state index in [9.17, 15) is 9.18 Å². The van der Waals surface area contributed by atoms with Crippen molar-refractivity contribution in [1.29, 1.82) is 0 Å². The van der Waals surface area contributed by atoms with E-state index in [0.717, 1.165) is 23.4 Å². The third-order valence-corrected chi connectivity index (χ3v) is 4.89. The average molecular weight is 391 g/mol. The average Bonchev–Trinajstić information content (AvgIpc) is 2.74. The molecule has 0 bridgehead atoms. The molecular weight excluding hydrogens is 365 g/mol. The van der Waals surface area contributed by atoms with Crippen molar-refractivity contribution in [2.45, 2.75) is 18.8 Å². The lowest BCUT2D eigenvalue weighted by Crippen LogP contribution is -2.32. The van der Waals surface area contributed by atoms with E-state index >= 15 is 0 Å². The second kappa shape index (κ2) is 9.82. The number of amides is 1. The van der Waals surface area contributed by atoms with Crippen molar-refractivity contribution < 1.29 is 9.18 Å². The molecule has 150 valence electrons. The summed E-state index contributed by atoms with van der Waals surface area (Å²) in [5.41, 5.74) is 3.92. The number of rotatable bonds is 8. The Bertz CT molecular complexity index is 909. The summed E-state index contributed by atoms with van der Waals surface area (Å²) >= 11 is 0. The quantitative estimate of drug-likeness (QED) is 0.632. The first-order valence-electron chi connectivity index (χ1n) is 9.72. The summed E-state index contributed by atoms with van der Waals surface area (Å²) in [6.45, 7) is 0.542. The van der Waals surface area contributed by atoms with E-state index < -0.39 is 5.92 Å². The SMILES string of the molecule is CN(C)c1ccc(CCNC(=O)C(Cc2ccccn2)c2ccc(F)cc2)cc1. The first-order chi connectivity index (χ1) is 14.0. The Morgan fingerprint density at radius 1 is 1.03 bits per heavy atom. The van der Waals surface area contributed by atoms with Gasteiger partial charge in [-0.1, -0.05) is 30.3 Å². The molecule has 3 aromatic rings. The minimum absolute atomic E-state index is 0.0767. The van der Waals surface area contributed by atoms with Crippen molar-refractivity contribution in [3.05, 3.63) is 95.6 Å². The minimum Gasteiger partial charge on any atom is -0.378 e. The molecule has 0 saturated carbocycles. The van der Waals surface area contributed by atoms with Gasteiger partial charge >= 0.3 is 0 Å².